The molecule has 5 heteroatoms. The first-order valence-electron chi connectivity index (χ1n) is 10.1. The van der Waals surface area contributed by atoms with E-state index in [0.717, 1.165) is 45.0 Å². The van der Waals surface area contributed by atoms with E-state index in [2.05, 4.69) is 58.4 Å². The molecule has 2 heterocycles. The number of hydrogen-bond donors (Lipinski definition) is 1. The molecule has 0 aromatic heterocycles. The summed E-state index contributed by atoms with van der Waals surface area (Å²) in [6, 6.07) is 16.6. The molecule has 148 valence electrons. The van der Waals surface area contributed by atoms with Crippen LogP contribution in [0, 0.1) is 12.8 Å². The van der Waals surface area contributed by atoms with Crippen molar-refractivity contribution in [3.8, 4) is 5.75 Å². The van der Waals surface area contributed by atoms with E-state index >= 15 is 0 Å². The van der Waals surface area contributed by atoms with Gasteiger partial charge in [0.1, 0.15) is 5.75 Å². The Hall–Kier alpha value is -2.53. The third-order valence-corrected chi connectivity index (χ3v) is 6.10. The van der Waals surface area contributed by atoms with E-state index in [4.69, 9.17) is 4.74 Å². The van der Waals surface area contributed by atoms with Crippen LogP contribution in [-0.4, -0.2) is 57.2 Å². The highest BCUT2D eigenvalue weighted by atomic mass is 16.5. The third kappa shape index (κ3) is 3.72. The summed E-state index contributed by atoms with van der Waals surface area (Å²) in [4.78, 5) is 17.7. The van der Waals surface area contributed by atoms with Gasteiger partial charge in [-0.25, -0.2) is 0 Å². The fourth-order valence-electron chi connectivity index (χ4n) is 4.48. The second-order valence-corrected chi connectivity index (χ2v) is 7.75. The van der Waals surface area contributed by atoms with Crippen molar-refractivity contribution in [1.29, 1.82) is 0 Å². The molecular formula is C23H29N3O2. The molecule has 0 bridgehead atoms. The minimum atomic E-state index is -0.00267. The van der Waals surface area contributed by atoms with E-state index in [1.165, 1.54) is 16.8 Å². The smallest absolute Gasteiger partial charge is 0.227 e. The number of amides is 1. The fraction of sp³-hybridized carbons (Fsp3) is 0.435. The number of piperazine rings is 1. The minimum Gasteiger partial charge on any atom is -0.497 e. The minimum absolute atomic E-state index is 0.00267. The van der Waals surface area contributed by atoms with Crippen LogP contribution in [0.5, 0.6) is 5.75 Å². The normalized spacial score (nSPS) is 22.4. The second kappa shape index (κ2) is 8.23. The van der Waals surface area contributed by atoms with Gasteiger partial charge in [0.05, 0.1) is 13.0 Å². The average Bonchev–Trinajstić information content (AvgIpc) is 3.24. The predicted octanol–water partition coefficient (Wildman–Crippen LogP) is 2.66. The number of benzene rings is 2. The molecule has 0 saturated carbocycles. The molecule has 1 N–H and O–H groups in total. The summed E-state index contributed by atoms with van der Waals surface area (Å²) in [5.41, 5.74) is 3.76. The summed E-state index contributed by atoms with van der Waals surface area (Å²) >= 11 is 0. The molecule has 4 rings (SSSR count). The van der Waals surface area contributed by atoms with Crippen molar-refractivity contribution in [2.24, 2.45) is 5.92 Å². The second-order valence-electron chi connectivity index (χ2n) is 7.75. The van der Waals surface area contributed by atoms with Gasteiger partial charge in [0.25, 0.3) is 0 Å². The van der Waals surface area contributed by atoms with Crippen molar-refractivity contribution in [3.05, 3.63) is 59.7 Å². The Bertz CT molecular complexity index is 830. The summed E-state index contributed by atoms with van der Waals surface area (Å²) in [5, 5.41) is 3.42. The lowest BCUT2D eigenvalue weighted by Crippen LogP contribution is -2.51. The molecule has 0 aliphatic carbocycles. The van der Waals surface area contributed by atoms with Crippen molar-refractivity contribution >= 4 is 11.6 Å². The van der Waals surface area contributed by atoms with Gasteiger partial charge in [-0.3, -0.25) is 4.79 Å². The van der Waals surface area contributed by atoms with E-state index < -0.39 is 0 Å². The Morgan fingerprint density at radius 3 is 2.57 bits per heavy atom. The van der Waals surface area contributed by atoms with E-state index in [1.807, 2.05) is 12.1 Å². The highest BCUT2D eigenvalue weighted by molar-refractivity contribution is 5.81. The first-order chi connectivity index (χ1) is 13.7. The van der Waals surface area contributed by atoms with Gasteiger partial charge < -0.3 is 19.9 Å². The van der Waals surface area contributed by atoms with Crippen molar-refractivity contribution in [2.75, 3.05) is 51.3 Å². The number of methoxy groups -OCH3 is 1. The number of nitrogens with one attached hydrogen (secondary N) is 1. The lowest BCUT2D eigenvalue weighted by molar-refractivity contribution is -0.135. The van der Waals surface area contributed by atoms with Gasteiger partial charge in [0.15, 0.2) is 0 Å². The van der Waals surface area contributed by atoms with Crippen LogP contribution in [0.15, 0.2) is 48.5 Å². The van der Waals surface area contributed by atoms with Gasteiger partial charge in [-0.2, -0.15) is 0 Å². The Labute approximate surface area is 167 Å². The number of aryl methyl sites for hydroxylation is 1. The molecule has 2 aromatic carbocycles. The van der Waals surface area contributed by atoms with Crippen LogP contribution >= 0.6 is 0 Å². The van der Waals surface area contributed by atoms with Crippen molar-refractivity contribution in [2.45, 2.75) is 12.8 Å². The Morgan fingerprint density at radius 1 is 1.04 bits per heavy atom. The Balaban J connectivity index is 1.42. The molecule has 2 saturated heterocycles. The summed E-state index contributed by atoms with van der Waals surface area (Å²) in [6.45, 7) is 7.09. The predicted molar refractivity (Wildman–Crippen MR) is 112 cm³/mol. The van der Waals surface area contributed by atoms with Gasteiger partial charge >= 0.3 is 0 Å². The van der Waals surface area contributed by atoms with E-state index in [9.17, 15) is 4.79 Å². The first kappa shape index (κ1) is 18.8. The molecule has 5 nitrogen and oxygen atoms in total. The van der Waals surface area contributed by atoms with Crippen LogP contribution in [-0.2, 0) is 4.79 Å². The summed E-state index contributed by atoms with van der Waals surface area (Å²) in [7, 11) is 1.68. The molecule has 2 aliphatic rings. The molecular weight excluding hydrogens is 350 g/mol. The number of ether oxygens (including phenoxy) is 1. The maximum absolute atomic E-state index is 13.3. The maximum Gasteiger partial charge on any atom is 0.227 e. The fourth-order valence-corrected chi connectivity index (χ4v) is 4.48. The molecule has 2 aliphatic heterocycles. The van der Waals surface area contributed by atoms with Crippen molar-refractivity contribution in [1.82, 2.24) is 10.2 Å². The van der Waals surface area contributed by atoms with Crippen LogP contribution in [0.4, 0.5) is 5.69 Å². The van der Waals surface area contributed by atoms with E-state index in [1.54, 1.807) is 7.11 Å². The van der Waals surface area contributed by atoms with E-state index in [0.29, 0.717) is 0 Å². The maximum atomic E-state index is 13.3. The van der Waals surface area contributed by atoms with Crippen LogP contribution in [0.1, 0.15) is 17.0 Å². The molecule has 0 spiro atoms. The zero-order chi connectivity index (χ0) is 19.5. The SMILES string of the molecule is COc1cccc(C2CNCC2C(=O)N2CCN(c3ccccc3C)CC2)c1. The number of para-hydroxylation sites is 1. The molecule has 2 unspecified atom stereocenters. The lowest BCUT2D eigenvalue weighted by atomic mass is 9.87. The Morgan fingerprint density at radius 2 is 1.82 bits per heavy atom. The van der Waals surface area contributed by atoms with Gasteiger partial charge in [0.2, 0.25) is 5.91 Å². The molecule has 28 heavy (non-hydrogen) atoms. The molecule has 2 atom stereocenters. The highest BCUT2D eigenvalue weighted by Gasteiger charge is 2.37. The van der Waals surface area contributed by atoms with E-state index in [-0.39, 0.29) is 17.7 Å². The number of carbonyl (C=O) groups excluding carboxylic acids is 1. The van der Waals surface area contributed by atoms with Crippen LogP contribution in [0.2, 0.25) is 0 Å². The number of rotatable bonds is 4. The van der Waals surface area contributed by atoms with Crippen LogP contribution in [0.25, 0.3) is 0 Å². The van der Waals surface area contributed by atoms with Crippen molar-refractivity contribution < 1.29 is 9.53 Å². The van der Waals surface area contributed by atoms with Gasteiger partial charge in [-0.15, -0.1) is 0 Å². The van der Waals surface area contributed by atoms with Crippen LogP contribution in [0.3, 0.4) is 0 Å². The largest absolute Gasteiger partial charge is 0.497 e. The Kier molecular flexibility index (Phi) is 5.53. The van der Waals surface area contributed by atoms with Gasteiger partial charge in [-0.05, 0) is 36.2 Å². The molecule has 2 fully saturated rings. The number of carbonyl (C=O) groups is 1. The van der Waals surface area contributed by atoms with Crippen LogP contribution < -0.4 is 15.0 Å². The molecule has 1 amide bonds. The lowest BCUT2D eigenvalue weighted by Gasteiger charge is -2.38. The zero-order valence-corrected chi connectivity index (χ0v) is 16.7. The van der Waals surface area contributed by atoms with Gasteiger partial charge in [0, 0.05) is 50.9 Å². The first-order valence-corrected chi connectivity index (χ1v) is 10.1. The van der Waals surface area contributed by atoms with Gasteiger partial charge in [-0.1, -0.05) is 30.3 Å². The monoisotopic (exact) mass is 379 g/mol. The molecule has 2 aromatic rings. The molecule has 0 radical (unpaired) electrons. The number of nitrogens with zero attached hydrogens (tertiary/aromatic N) is 2. The summed E-state index contributed by atoms with van der Waals surface area (Å²) in [6.07, 6.45) is 0. The summed E-state index contributed by atoms with van der Waals surface area (Å²) in [5.74, 6) is 1.33. The summed E-state index contributed by atoms with van der Waals surface area (Å²) < 4.78 is 5.37. The standard InChI is InChI=1S/C23H29N3O2/c1-17-6-3-4-9-22(17)25-10-12-26(13-11-25)23(27)21-16-24-15-20(21)18-7-5-8-19(14-18)28-2/h3-9,14,20-21,24H,10-13,15-16H2,1-2H3. The highest BCUT2D eigenvalue weighted by Crippen LogP contribution is 2.32. The number of anilines is 1. The topological polar surface area (TPSA) is 44.8 Å². The third-order valence-electron chi connectivity index (χ3n) is 6.10. The number of hydrogen-bond acceptors (Lipinski definition) is 4. The van der Waals surface area contributed by atoms with Crippen molar-refractivity contribution in [3.63, 3.8) is 0 Å². The average molecular weight is 380 g/mol. The quantitative estimate of drug-likeness (QED) is 0.887. The zero-order valence-electron chi connectivity index (χ0n) is 16.7.